The predicted octanol–water partition coefficient (Wildman–Crippen LogP) is 2.51. The Bertz CT molecular complexity index is 528. The van der Waals surface area contributed by atoms with Gasteiger partial charge in [-0.2, -0.15) is 0 Å². The van der Waals surface area contributed by atoms with Crippen LogP contribution in [-0.2, 0) is 4.74 Å². The van der Waals surface area contributed by atoms with Crippen LogP contribution in [0.3, 0.4) is 0 Å². The number of ether oxygens (including phenoxy) is 1. The minimum absolute atomic E-state index is 0.00398. The predicted molar refractivity (Wildman–Crippen MR) is 80.8 cm³/mol. The largest absolute Gasteiger partial charge is 0.444 e. The third-order valence-corrected chi connectivity index (χ3v) is 3.24. The minimum atomic E-state index is -0.510. The summed E-state index contributed by atoms with van der Waals surface area (Å²) in [5.74, 6) is -0.348. The maximum absolute atomic E-state index is 13.1. The number of hydrogen-bond donors (Lipinski definition) is 2. The van der Waals surface area contributed by atoms with E-state index in [-0.39, 0.29) is 11.9 Å². The molecular formula is C15H22FN3O2. The molecule has 1 aromatic carbocycles. The first-order valence-corrected chi connectivity index (χ1v) is 7.04. The van der Waals surface area contributed by atoms with Crippen molar-refractivity contribution in [2.45, 2.75) is 38.8 Å². The zero-order valence-corrected chi connectivity index (χ0v) is 12.6. The summed E-state index contributed by atoms with van der Waals surface area (Å²) >= 11 is 0. The van der Waals surface area contributed by atoms with E-state index in [0.29, 0.717) is 12.2 Å². The lowest BCUT2D eigenvalue weighted by molar-refractivity contribution is 0.0509. The van der Waals surface area contributed by atoms with E-state index in [9.17, 15) is 9.18 Å². The number of hydrogen-bond acceptors (Lipinski definition) is 4. The molecule has 0 aliphatic carbocycles. The van der Waals surface area contributed by atoms with Crippen molar-refractivity contribution < 1.29 is 13.9 Å². The molecule has 5 nitrogen and oxygen atoms in total. The summed E-state index contributed by atoms with van der Waals surface area (Å²) in [5.41, 5.74) is 6.53. The number of carbonyl (C=O) groups excluding carboxylic acids is 1. The van der Waals surface area contributed by atoms with Gasteiger partial charge in [0, 0.05) is 13.1 Å². The van der Waals surface area contributed by atoms with Gasteiger partial charge in [-0.05, 0) is 45.4 Å². The Balaban J connectivity index is 1.93. The highest BCUT2D eigenvalue weighted by molar-refractivity contribution is 5.70. The van der Waals surface area contributed by atoms with E-state index in [1.54, 1.807) is 6.07 Å². The molecule has 0 saturated carbocycles. The number of alkyl carbamates (subject to hydrolysis) is 1. The van der Waals surface area contributed by atoms with Crippen molar-refractivity contribution in [1.82, 2.24) is 5.32 Å². The number of halogens is 1. The van der Waals surface area contributed by atoms with Crippen molar-refractivity contribution in [3.63, 3.8) is 0 Å². The molecule has 116 valence electrons. The maximum Gasteiger partial charge on any atom is 0.407 e. The highest BCUT2D eigenvalue weighted by Crippen LogP contribution is 2.27. The molecule has 1 aromatic rings. The van der Waals surface area contributed by atoms with Crippen molar-refractivity contribution in [2.24, 2.45) is 0 Å². The summed E-state index contributed by atoms with van der Waals surface area (Å²) in [7, 11) is 0. The molecule has 1 heterocycles. The Hall–Kier alpha value is -1.98. The van der Waals surface area contributed by atoms with Gasteiger partial charge in [-0.1, -0.05) is 0 Å². The first-order chi connectivity index (χ1) is 9.74. The van der Waals surface area contributed by atoms with Crippen LogP contribution in [0.2, 0.25) is 0 Å². The van der Waals surface area contributed by atoms with Crippen LogP contribution in [0.5, 0.6) is 0 Å². The van der Waals surface area contributed by atoms with Gasteiger partial charge < -0.3 is 20.7 Å². The van der Waals surface area contributed by atoms with E-state index in [1.807, 2.05) is 25.7 Å². The Labute approximate surface area is 124 Å². The second-order valence-electron chi connectivity index (χ2n) is 6.28. The molecule has 0 unspecified atom stereocenters. The molecule has 0 radical (unpaired) electrons. The zero-order chi connectivity index (χ0) is 15.6. The average Bonchev–Trinajstić information content (AvgIpc) is 2.74. The molecular weight excluding hydrogens is 273 g/mol. The summed E-state index contributed by atoms with van der Waals surface area (Å²) < 4.78 is 18.3. The molecule has 1 fully saturated rings. The van der Waals surface area contributed by atoms with Crippen molar-refractivity contribution >= 4 is 17.5 Å². The summed E-state index contributed by atoms with van der Waals surface area (Å²) in [6, 6.07) is 4.37. The van der Waals surface area contributed by atoms with Crippen LogP contribution in [0.25, 0.3) is 0 Å². The Kier molecular flexibility index (Phi) is 4.25. The van der Waals surface area contributed by atoms with E-state index >= 15 is 0 Å². The molecule has 1 amide bonds. The number of benzene rings is 1. The zero-order valence-electron chi connectivity index (χ0n) is 12.6. The van der Waals surface area contributed by atoms with Crippen molar-refractivity contribution in [1.29, 1.82) is 0 Å². The fourth-order valence-electron chi connectivity index (χ4n) is 2.38. The van der Waals surface area contributed by atoms with Crippen LogP contribution in [-0.4, -0.2) is 30.8 Å². The van der Waals surface area contributed by atoms with Gasteiger partial charge >= 0.3 is 6.09 Å². The van der Waals surface area contributed by atoms with Gasteiger partial charge in [-0.15, -0.1) is 0 Å². The smallest absolute Gasteiger partial charge is 0.407 e. The summed E-state index contributed by atoms with van der Waals surface area (Å²) in [6.07, 6.45) is 0.386. The monoisotopic (exact) mass is 295 g/mol. The number of carbonyl (C=O) groups is 1. The van der Waals surface area contributed by atoms with Gasteiger partial charge in [0.1, 0.15) is 11.4 Å². The van der Waals surface area contributed by atoms with E-state index in [4.69, 9.17) is 10.5 Å². The van der Waals surface area contributed by atoms with Crippen LogP contribution in [0.15, 0.2) is 18.2 Å². The molecule has 0 aromatic heterocycles. The molecule has 3 N–H and O–H groups in total. The van der Waals surface area contributed by atoms with Gasteiger partial charge in [-0.25, -0.2) is 9.18 Å². The molecule has 21 heavy (non-hydrogen) atoms. The lowest BCUT2D eigenvalue weighted by atomic mass is 10.2. The third kappa shape index (κ3) is 4.24. The molecule has 1 atom stereocenters. The van der Waals surface area contributed by atoms with Gasteiger partial charge in [0.05, 0.1) is 17.4 Å². The van der Waals surface area contributed by atoms with Crippen LogP contribution in [0, 0.1) is 5.82 Å². The first kappa shape index (κ1) is 15.4. The quantitative estimate of drug-likeness (QED) is 0.823. The Morgan fingerprint density at radius 3 is 2.81 bits per heavy atom. The van der Waals surface area contributed by atoms with E-state index in [1.165, 1.54) is 12.1 Å². The van der Waals surface area contributed by atoms with E-state index in [0.717, 1.165) is 18.7 Å². The van der Waals surface area contributed by atoms with Crippen LogP contribution < -0.4 is 16.0 Å². The maximum atomic E-state index is 13.1. The number of nitrogens with one attached hydrogen (secondary N) is 1. The van der Waals surface area contributed by atoms with Gasteiger partial charge in [0.25, 0.3) is 0 Å². The van der Waals surface area contributed by atoms with Crippen molar-refractivity contribution in [2.75, 3.05) is 23.7 Å². The fraction of sp³-hybridized carbons (Fsp3) is 0.533. The second kappa shape index (κ2) is 5.79. The topological polar surface area (TPSA) is 67.6 Å². The minimum Gasteiger partial charge on any atom is -0.444 e. The number of rotatable bonds is 2. The van der Waals surface area contributed by atoms with Crippen LogP contribution in [0.1, 0.15) is 27.2 Å². The van der Waals surface area contributed by atoms with Gasteiger partial charge in [-0.3, -0.25) is 0 Å². The highest BCUT2D eigenvalue weighted by Gasteiger charge is 2.27. The van der Waals surface area contributed by atoms with Gasteiger partial charge in [0.2, 0.25) is 0 Å². The van der Waals surface area contributed by atoms with Crippen molar-refractivity contribution in [3.8, 4) is 0 Å². The summed E-state index contributed by atoms with van der Waals surface area (Å²) in [6.45, 7) is 6.87. The molecule has 0 bridgehead atoms. The fourth-order valence-corrected chi connectivity index (χ4v) is 2.38. The Morgan fingerprint density at radius 1 is 1.48 bits per heavy atom. The van der Waals surface area contributed by atoms with E-state index in [2.05, 4.69) is 5.32 Å². The molecule has 0 spiro atoms. The number of nitrogen functional groups attached to an aromatic ring is 1. The number of amides is 1. The lowest BCUT2D eigenvalue weighted by Crippen LogP contribution is -2.40. The van der Waals surface area contributed by atoms with Crippen LogP contribution >= 0.6 is 0 Å². The molecule has 1 saturated heterocycles. The third-order valence-electron chi connectivity index (χ3n) is 3.24. The Morgan fingerprint density at radius 2 is 2.19 bits per heavy atom. The molecule has 1 aliphatic heterocycles. The van der Waals surface area contributed by atoms with E-state index < -0.39 is 11.7 Å². The first-order valence-electron chi connectivity index (χ1n) is 7.04. The summed E-state index contributed by atoms with van der Waals surface area (Å²) in [5, 5.41) is 2.85. The van der Waals surface area contributed by atoms with Crippen molar-refractivity contribution in [3.05, 3.63) is 24.0 Å². The van der Waals surface area contributed by atoms with Crippen LogP contribution in [0.4, 0.5) is 20.6 Å². The lowest BCUT2D eigenvalue weighted by Gasteiger charge is -2.23. The molecule has 1 aliphatic rings. The average molecular weight is 295 g/mol. The number of nitrogens with zero attached hydrogens (tertiary/aromatic N) is 1. The normalized spacial score (nSPS) is 18.7. The molecule has 2 rings (SSSR count). The standard InChI is InChI=1S/C15H22FN3O2/c1-15(2,3)21-14(20)18-11-6-7-19(9-11)13-5-4-10(16)8-12(13)17/h4-5,8,11H,6-7,9,17H2,1-3H3,(H,18,20)/t11-/m1/s1. The number of nitrogens with two attached hydrogens (primary N) is 1. The molecule has 6 heteroatoms. The number of anilines is 2. The highest BCUT2D eigenvalue weighted by atomic mass is 19.1. The van der Waals surface area contributed by atoms with Gasteiger partial charge in [0.15, 0.2) is 0 Å². The SMILES string of the molecule is CC(C)(C)OC(=O)N[C@@H]1CCN(c2ccc(F)cc2N)C1. The summed E-state index contributed by atoms with van der Waals surface area (Å²) in [4.78, 5) is 13.8. The second-order valence-corrected chi connectivity index (χ2v) is 6.28.